The van der Waals surface area contributed by atoms with E-state index in [-0.39, 0.29) is 17.4 Å². The molecule has 2 aromatic heterocycles. The van der Waals surface area contributed by atoms with E-state index < -0.39 is 0 Å². The number of carbonyl (C=O) groups excluding carboxylic acids is 1. The van der Waals surface area contributed by atoms with E-state index >= 15 is 0 Å². The topological polar surface area (TPSA) is 63.8 Å². The van der Waals surface area contributed by atoms with Gasteiger partial charge in [-0.2, -0.15) is 0 Å². The number of amides is 1. The highest BCUT2D eigenvalue weighted by Crippen LogP contribution is 2.45. The van der Waals surface area contributed by atoms with Crippen LogP contribution in [0.2, 0.25) is 0 Å². The molecule has 2 aromatic carbocycles. The number of hydrogen-bond acceptors (Lipinski definition) is 5. The summed E-state index contributed by atoms with van der Waals surface area (Å²) in [5, 5.41) is 5.96. The number of aliphatic imine (C=N–C) groups is 1. The number of nitrogens with one attached hydrogen (secondary N) is 1. The molecular weight excluding hydrogens is 492 g/mol. The van der Waals surface area contributed by atoms with Crippen molar-refractivity contribution < 1.29 is 13.9 Å². The van der Waals surface area contributed by atoms with Crippen molar-refractivity contribution >= 4 is 39.2 Å². The Bertz CT molecular complexity index is 1460. The molecule has 2 heterocycles. The molecule has 0 saturated heterocycles. The number of hydrogen-bond donors (Lipinski definition) is 1. The van der Waals surface area contributed by atoms with E-state index in [0.717, 1.165) is 57.7 Å². The Balaban J connectivity index is 1.51. The number of thiophene rings is 1. The van der Waals surface area contributed by atoms with Crippen LogP contribution in [0.5, 0.6) is 5.75 Å². The van der Waals surface area contributed by atoms with Crippen molar-refractivity contribution in [2.24, 2.45) is 16.3 Å². The maximum absolute atomic E-state index is 13.5. The maximum Gasteiger partial charge on any atom is 0.255 e. The van der Waals surface area contributed by atoms with Crippen LogP contribution in [0.15, 0.2) is 64.2 Å². The molecule has 1 N–H and O–H groups in total. The van der Waals surface area contributed by atoms with Crippen molar-refractivity contribution in [1.82, 2.24) is 5.32 Å². The van der Waals surface area contributed by atoms with Crippen molar-refractivity contribution in [1.29, 1.82) is 0 Å². The zero-order chi connectivity index (χ0) is 26.9. The number of ether oxygens (including phenoxy) is 1. The predicted octanol–water partition coefficient (Wildman–Crippen LogP) is 8.11. The first-order chi connectivity index (χ1) is 18.2. The highest BCUT2D eigenvalue weighted by molar-refractivity contribution is 7.16. The number of fused-ring (bicyclic) bond motifs is 2. The first-order valence-electron chi connectivity index (χ1n) is 13.4. The number of rotatable bonds is 7. The second-order valence-electron chi connectivity index (χ2n) is 11.4. The van der Waals surface area contributed by atoms with Gasteiger partial charge in [0.2, 0.25) is 0 Å². The Labute approximate surface area is 228 Å². The summed E-state index contributed by atoms with van der Waals surface area (Å²) in [5.74, 6) is 2.09. The van der Waals surface area contributed by atoms with Crippen molar-refractivity contribution in [2.45, 2.75) is 66.5 Å². The molecule has 0 radical (unpaired) electrons. The van der Waals surface area contributed by atoms with Crippen LogP contribution in [0.3, 0.4) is 0 Å². The van der Waals surface area contributed by atoms with Crippen molar-refractivity contribution in [3.05, 3.63) is 82.1 Å². The van der Waals surface area contributed by atoms with Crippen LogP contribution in [-0.4, -0.2) is 18.2 Å². The van der Waals surface area contributed by atoms with E-state index in [0.29, 0.717) is 18.0 Å². The third-order valence-electron chi connectivity index (χ3n) is 7.30. The van der Waals surface area contributed by atoms with Gasteiger partial charge >= 0.3 is 0 Å². The molecule has 1 aliphatic rings. The van der Waals surface area contributed by atoms with Crippen LogP contribution in [0, 0.1) is 11.3 Å². The molecule has 0 aliphatic heterocycles. The average Bonchev–Trinajstić information content (AvgIpc) is 3.53. The minimum Gasteiger partial charge on any atom is -0.490 e. The largest absolute Gasteiger partial charge is 0.490 e. The van der Waals surface area contributed by atoms with E-state index in [1.54, 1.807) is 17.6 Å². The first kappa shape index (κ1) is 26.2. The summed E-state index contributed by atoms with van der Waals surface area (Å²) in [6.07, 6.45) is 6.58. The monoisotopic (exact) mass is 528 g/mol. The molecule has 0 fully saturated rings. The van der Waals surface area contributed by atoms with Gasteiger partial charge in [0.05, 0.1) is 24.5 Å². The summed E-state index contributed by atoms with van der Waals surface area (Å²) in [4.78, 5) is 19.7. The zero-order valence-corrected chi connectivity index (χ0v) is 23.7. The molecule has 4 aromatic rings. The fourth-order valence-electron chi connectivity index (χ4n) is 5.20. The highest BCUT2D eigenvalue weighted by atomic mass is 32.1. The van der Waals surface area contributed by atoms with Crippen molar-refractivity contribution in [2.75, 3.05) is 0 Å². The van der Waals surface area contributed by atoms with Crippen LogP contribution in [0.1, 0.15) is 73.2 Å². The van der Waals surface area contributed by atoms with Gasteiger partial charge in [0.1, 0.15) is 16.5 Å². The van der Waals surface area contributed by atoms with Gasteiger partial charge in [0.15, 0.2) is 0 Å². The highest BCUT2D eigenvalue weighted by Gasteiger charge is 2.33. The third kappa shape index (κ3) is 5.56. The van der Waals surface area contributed by atoms with Gasteiger partial charge in [-0.15, -0.1) is 11.3 Å². The molecule has 198 valence electrons. The van der Waals surface area contributed by atoms with E-state index in [1.165, 1.54) is 4.88 Å². The van der Waals surface area contributed by atoms with Crippen LogP contribution >= 0.6 is 11.3 Å². The fraction of sp³-hybridized carbons (Fsp3) is 0.375. The smallest absolute Gasteiger partial charge is 0.255 e. The molecule has 0 unspecified atom stereocenters. The van der Waals surface area contributed by atoms with Crippen LogP contribution in [0.25, 0.3) is 10.8 Å². The molecular formula is C32H36N2O3S. The first-order valence-corrected chi connectivity index (χ1v) is 14.2. The van der Waals surface area contributed by atoms with Gasteiger partial charge < -0.3 is 14.5 Å². The Morgan fingerprint density at radius 1 is 1.16 bits per heavy atom. The quantitative estimate of drug-likeness (QED) is 0.246. The summed E-state index contributed by atoms with van der Waals surface area (Å²) in [6.45, 7) is 11.3. The lowest BCUT2D eigenvalue weighted by Crippen LogP contribution is -2.28. The molecule has 5 nitrogen and oxygen atoms in total. The average molecular weight is 529 g/mol. The lowest BCUT2D eigenvalue weighted by Gasteiger charge is -2.33. The molecule has 1 amide bonds. The van der Waals surface area contributed by atoms with Gasteiger partial charge in [-0.1, -0.05) is 45.0 Å². The Morgan fingerprint density at radius 2 is 1.95 bits per heavy atom. The summed E-state index contributed by atoms with van der Waals surface area (Å²) >= 11 is 1.66. The minimum absolute atomic E-state index is 0.0919. The number of furan rings is 1. The summed E-state index contributed by atoms with van der Waals surface area (Å²) < 4.78 is 11.5. The number of carbonyl (C=O) groups is 1. The maximum atomic E-state index is 13.5. The minimum atomic E-state index is -0.0919. The Morgan fingerprint density at radius 3 is 2.66 bits per heavy atom. The summed E-state index contributed by atoms with van der Waals surface area (Å²) in [7, 11) is 0. The molecule has 0 spiro atoms. The van der Waals surface area contributed by atoms with Crippen LogP contribution in [0.4, 0.5) is 5.00 Å². The molecule has 0 saturated carbocycles. The van der Waals surface area contributed by atoms with Gasteiger partial charge in [-0.25, -0.2) is 4.99 Å². The fourth-order valence-corrected chi connectivity index (χ4v) is 6.47. The summed E-state index contributed by atoms with van der Waals surface area (Å²) in [6, 6.07) is 16.0. The van der Waals surface area contributed by atoms with Crippen LogP contribution in [-0.2, 0) is 19.4 Å². The van der Waals surface area contributed by atoms with Gasteiger partial charge in [0.25, 0.3) is 5.91 Å². The van der Waals surface area contributed by atoms with E-state index in [4.69, 9.17) is 14.1 Å². The van der Waals surface area contributed by atoms with Crippen LogP contribution < -0.4 is 10.1 Å². The molecule has 0 bridgehead atoms. The Hall–Kier alpha value is -3.38. The lowest BCUT2D eigenvalue weighted by molar-refractivity contribution is 0.0947. The summed E-state index contributed by atoms with van der Waals surface area (Å²) in [5.41, 5.74) is 3.10. The normalized spacial score (nSPS) is 15.8. The predicted molar refractivity (Wildman–Crippen MR) is 156 cm³/mol. The number of nitrogens with zero attached hydrogens (tertiary/aromatic N) is 1. The second-order valence-corrected chi connectivity index (χ2v) is 12.5. The van der Waals surface area contributed by atoms with E-state index in [9.17, 15) is 4.79 Å². The molecule has 6 heteroatoms. The van der Waals surface area contributed by atoms with Crippen molar-refractivity contribution in [3.8, 4) is 5.75 Å². The number of benzene rings is 2. The second kappa shape index (κ2) is 10.8. The molecule has 1 aliphatic carbocycles. The SMILES string of the molecule is CC(C)Oc1ccc(C=Nc2sc3c(c2C(=O)NCc2ccco2)CC[C@@H](C(C)(C)C)C3)c2ccccc12. The van der Waals surface area contributed by atoms with Gasteiger partial charge in [-0.3, -0.25) is 4.79 Å². The van der Waals surface area contributed by atoms with Gasteiger partial charge in [0, 0.05) is 22.0 Å². The van der Waals surface area contributed by atoms with E-state index in [2.05, 4.69) is 38.2 Å². The van der Waals surface area contributed by atoms with E-state index in [1.807, 2.05) is 56.5 Å². The van der Waals surface area contributed by atoms with Gasteiger partial charge in [-0.05, 0) is 79.7 Å². The Kier molecular flexibility index (Phi) is 7.44. The molecule has 38 heavy (non-hydrogen) atoms. The lowest BCUT2D eigenvalue weighted by atomic mass is 9.72. The molecule has 1 atom stereocenters. The zero-order valence-electron chi connectivity index (χ0n) is 22.8. The van der Waals surface area contributed by atoms with Crippen molar-refractivity contribution in [3.63, 3.8) is 0 Å². The standard InChI is InChI=1S/C32H36N2O3S/c1-20(2)37-27-15-12-21(24-10-6-7-11-25(24)27)18-34-31-29(30(35)33-19-23-9-8-16-36-23)26-14-13-22(32(3,4)5)17-28(26)38-31/h6-12,15-16,18,20,22H,13-14,17,19H2,1-5H3,(H,33,35)/t22-/m1/s1. The third-order valence-corrected chi connectivity index (χ3v) is 8.47. The molecule has 5 rings (SSSR count).